The van der Waals surface area contributed by atoms with Gasteiger partial charge in [0.2, 0.25) is 0 Å². The van der Waals surface area contributed by atoms with Crippen molar-refractivity contribution in [1.82, 2.24) is 5.32 Å². The van der Waals surface area contributed by atoms with Crippen molar-refractivity contribution in [2.45, 2.75) is 0 Å². The van der Waals surface area contributed by atoms with E-state index in [0.717, 1.165) is 5.56 Å². The standard InChI is InChI=1S/C20H12Cl2N2O2S/c21-13-5-3-4-12(10-13)17-9-8-14(26-17)11-18-19(25)24-20(27-18)23-16-7-2-1-6-15(16)22/h1-11H,(H,23,24,25). The molecule has 3 aromatic rings. The number of para-hydroxylation sites is 1. The summed E-state index contributed by atoms with van der Waals surface area (Å²) in [5, 5.41) is 4.36. The van der Waals surface area contributed by atoms with Gasteiger partial charge in [-0.05, 0) is 48.2 Å². The van der Waals surface area contributed by atoms with Crippen molar-refractivity contribution in [2.75, 3.05) is 0 Å². The molecule has 134 valence electrons. The third-order valence-electron chi connectivity index (χ3n) is 3.73. The molecule has 1 aliphatic rings. The van der Waals surface area contributed by atoms with Gasteiger partial charge in [-0.3, -0.25) is 4.79 Å². The minimum Gasteiger partial charge on any atom is -0.457 e. The minimum absolute atomic E-state index is 0.230. The monoisotopic (exact) mass is 414 g/mol. The maximum atomic E-state index is 12.2. The molecule has 4 nitrogen and oxygen atoms in total. The van der Waals surface area contributed by atoms with Crippen molar-refractivity contribution in [1.29, 1.82) is 0 Å². The van der Waals surface area contributed by atoms with Crippen LogP contribution in [0.2, 0.25) is 10.0 Å². The summed E-state index contributed by atoms with van der Waals surface area (Å²) < 4.78 is 5.82. The molecule has 2 heterocycles. The van der Waals surface area contributed by atoms with E-state index in [1.54, 1.807) is 30.3 Å². The van der Waals surface area contributed by atoms with Crippen molar-refractivity contribution in [3.63, 3.8) is 0 Å². The normalized spacial score (nSPS) is 16.9. The zero-order chi connectivity index (χ0) is 18.8. The zero-order valence-corrected chi connectivity index (χ0v) is 16.1. The lowest BCUT2D eigenvalue weighted by Gasteiger charge is -1.98. The lowest BCUT2D eigenvalue weighted by atomic mass is 10.2. The predicted octanol–water partition coefficient (Wildman–Crippen LogP) is 6.15. The molecule has 1 aliphatic heterocycles. The van der Waals surface area contributed by atoms with Crippen molar-refractivity contribution in [3.8, 4) is 11.3 Å². The SMILES string of the molecule is O=C1NC(=Nc2ccccc2Cl)SC1=Cc1ccc(-c2cccc(Cl)c2)o1. The van der Waals surface area contributed by atoms with E-state index in [1.807, 2.05) is 36.4 Å². The summed E-state index contributed by atoms with van der Waals surface area (Å²) in [6.45, 7) is 0. The van der Waals surface area contributed by atoms with Gasteiger partial charge in [-0.15, -0.1) is 0 Å². The number of nitrogens with zero attached hydrogens (tertiary/aromatic N) is 1. The number of carbonyl (C=O) groups excluding carboxylic acids is 1. The molecule has 27 heavy (non-hydrogen) atoms. The molecule has 0 radical (unpaired) electrons. The van der Waals surface area contributed by atoms with Crippen LogP contribution in [0.4, 0.5) is 5.69 Å². The molecule has 0 atom stereocenters. The summed E-state index contributed by atoms with van der Waals surface area (Å²) in [6.07, 6.45) is 1.68. The van der Waals surface area contributed by atoms with Crippen LogP contribution in [-0.2, 0) is 4.79 Å². The average Bonchev–Trinajstić information content (AvgIpc) is 3.24. The number of amidine groups is 1. The fourth-order valence-electron chi connectivity index (χ4n) is 2.49. The Morgan fingerprint density at radius 2 is 1.89 bits per heavy atom. The highest BCUT2D eigenvalue weighted by atomic mass is 35.5. The maximum Gasteiger partial charge on any atom is 0.264 e. The molecule has 0 bridgehead atoms. The van der Waals surface area contributed by atoms with E-state index in [1.165, 1.54) is 11.8 Å². The molecule has 1 saturated heterocycles. The van der Waals surface area contributed by atoms with Crippen LogP contribution in [0, 0.1) is 0 Å². The molecule has 2 aromatic carbocycles. The van der Waals surface area contributed by atoms with Gasteiger partial charge in [-0.2, -0.15) is 0 Å². The van der Waals surface area contributed by atoms with Crippen molar-refractivity contribution in [2.24, 2.45) is 4.99 Å². The van der Waals surface area contributed by atoms with Crippen LogP contribution in [0.15, 0.2) is 75.0 Å². The van der Waals surface area contributed by atoms with Gasteiger partial charge in [0.05, 0.1) is 15.6 Å². The number of rotatable bonds is 3. The number of hydrogen-bond donors (Lipinski definition) is 1. The number of thioether (sulfide) groups is 1. The van der Waals surface area contributed by atoms with Crippen LogP contribution in [-0.4, -0.2) is 11.1 Å². The second kappa shape index (κ2) is 7.64. The van der Waals surface area contributed by atoms with Gasteiger partial charge in [0.1, 0.15) is 11.5 Å². The molecule has 1 fully saturated rings. The molecular formula is C20H12Cl2N2O2S. The largest absolute Gasteiger partial charge is 0.457 e. The molecular weight excluding hydrogens is 403 g/mol. The Balaban J connectivity index is 1.56. The summed E-state index contributed by atoms with van der Waals surface area (Å²) in [4.78, 5) is 17.1. The van der Waals surface area contributed by atoms with Gasteiger partial charge >= 0.3 is 0 Å². The summed E-state index contributed by atoms with van der Waals surface area (Å²) >= 11 is 13.4. The Bertz CT molecular complexity index is 1090. The van der Waals surface area contributed by atoms with Crippen LogP contribution in [0.3, 0.4) is 0 Å². The smallest absolute Gasteiger partial charge is 0.264 e. The Morgan fingerprint density at radius 1 is 1.04 bits per heavy atom. The van der Waals surface area contributed by atoms with Crippen LogP contribution in [0.1, 0.15) is 5.76 Å². The van der Waals surface area contributed by atoms with Gasteiger partial charge in [0.25, 0.3) is 5.91 Å². The number of nitrogens with one attached hydrogen (secondary N) is 1. The Morgan fingerprint density at radius 3 is 2.70 bits per heavy atom. The van der Waals surface area contributed by atoms with E-state index < -0.39 is 0 Å². The molecule has 4 rings (SSSR count). The van der Waals surface area contributed by atoms with Gasteiger partial charge in [-0.25, -0.2) is 4.99 Å². The van der Waals surface area contributed by atoms with Crippen molar-refractivity contribution >= 4 is 57.8 Å². The van der Waals surface area contributed by atoms with E-state index in [0.29, 0.717) is 37.3 Å². The Labute approximate surface area is 169 Å². The van der Waals surface area contributed by atoms with Gasteiger partial charge in [0.15, 0.2) is 5.17 Å². The maximum absolute atomic E-state index is 12.2. The fourth-order valence-corrected chi connectivity index (χ4v) is 3.67. The predicted molar refractivity (Wildman–Crippen MR) is 111 cm³/mol. The topological polar surface area (TPSA) is 54.6 Å². The molecule has 1 N–H and O–H groups in total. The van der Waals surface area contributed by atoms with E-state index >= 15 is 0 Å². The first kappa shape index (κ1) is 17.9. The molecule has 0 unspecified atom stereocenters. The number of aliphatic imine (C=N–C) groups is 1. The molecule has 1 amide bonds. The number of carbonyl (C=O) groups is 1. The highest BCUT2D eigenvalue weighted by Crippen LogP contribution is 2.32. The molecule has 1 aromatic heterocycles. The first-order chi connectivity index (χ1) is 13.1. The lowest BCUT2D eigenvalue weighted by Crippen LogP contribution is -2.19. The van der Waals surface area contributed by atoms with Gasteiger partial charge < -0.3 is 9.73 Å². The zero-order valence-electron chi connectivity index (χ0n) is 13.8. The fraction of sp³-hybridized carbons (Fsp3) is 0. The van der Waals surface area contributed by atoms with E-state index in [9.17, 15) is 4.79 Å². The average molecular weight is 415 g/mol. The summed E-state index contributed by atoms with van der Waals surface area (Å²) in [5.41, 5.74) is 1.47. The highest BCUT2D eigenvalue weighted by Gasteiger charge is 2.24. The van der Waals surface area contributed by atoms with Crippen molar-refractivity contribution in [3.05, 3.63) is 81.4 Å². The summed E-state index contributed by atoms with van der Waals surface area (Å²) in [5.74, 6) is 1.02. The molecule has 0 spiro atoms. The van der Waals surface area contributed by atoms with Gasteiger partial charge in [-0.1, -0.05) is 47.5 Å². The Kier molecular flexibility index (Phi) is 5.07. The molecule has 7 heteroatoms. The quantitative estimate of drug-likeness (QED) is 0.523. The first-order valence-corrected chi connectivity index (χ1v) is 9.55. The molecule has 0 aliphatic carbocycles. The molecule has 0 saturated carbocycles. The van der Waals surface area contributed by atoms with Crippen LogP contribution in [0.25, 0.3) is 17.4 Å². The number of benzene rings is 2. The lowest BCUT2D eigenvalue weighted by molar-refractivity contribution is -0.115. The van der Waals surface area contributed by atoms with Crippen LogP contribution >= 0.6 is 35.0 Å². The van der Waals surface area contributed by atoms with E-state index in [4.69, 9.17) is 27.6 Å². The van der Waals surface area contributed by atoms with Crippen LogP contribution in [0.5, 0.6) is 0 Å². The third-order valence-corrected chi connectivity index (χ3v) is 5.20. The minimum atomic E-state index is -0.230. The summed E-state index contributed by atoms with van der Waals surface area (Å²) in [7, 11) is 0. The first-order valence-electron chi connectivity index (χ1n) is 7.98. The number of furan rings is 1. The number of amides is 1. The van der Waals surface area contributed by atoms with E-state index in [-0.39, 0.29) is 5.91 Å². The van der Waals surface area contributed by atoms with Gasteiger partial charge in [0, 0.05) is 16.7 Å². The highest BCUT2D eigenvalue weighted by molar-refractivity contribution is 8.18. The Hall–Kier alpha value is -2.47. The number of halogens is 2. The van der Waals surface area contributed by atoms with Crippen molar-refractivity contribution < 1.29 is 9.21 Å². The second-order valence-electron chi connectivity index (χ2n) is 5.65. The second-order valence-corrected chi connectivity index (χ2v) is 7.52. The van der Waals surface area contributed by atoms with E-state index in [2.05, 4.69) is 10.3 Å². The van der Waals surface area contributed by atoms with Crippen LogP contribution < -0.4 is 5.32 Å². The number of hydrogen-bond acceptors (Lipinski definition) is 4. The summed E-state index contributed by atoms with van der Waals surface area (Å²) in [6, 6.07) is 18.2. The third kappa shape index (κ3) is 4.11.